The van der Waals surface area contributed by atoms with Crippen LogP contribution in [0.3, 0.4) is 0 Å². The van der Waals surface area contributed by atoms with Gasteiger partial charge in [-0.3, -0.25) is 0 Å². The van der Waals surface area contributed by atoms with E-state index in [1.807, 2.05) is 42.5 Å². The van der Waals surface area contributed by atoms with Crippen LogP contribution in [0.5, 0.6) is 5.75 Å². The lowest BCUT2D eigenvalue weighted by molar-refractivity contribution is 0.0293. The van der Waals surface area contributed by atoms with E-state index in [0.29, 0.717) is 0 Å². The van der Waals surface area contributed by atoms with Gasteiger partial charge in [0, 0.05) is 19.1 Å². The van der Waals surface area contributed by atoms with Crippen LogP contribution in [-0.2, 0) is 4.74 Å². The molecule has 0 saturated heterocycles. The minimum atomic E-state index is -0.509. The average molecular weight is 265 g/mol. The Morgan fingerprint density at radius 3 is 2.61 bits per heavy atom. The van der Waals surface area contributed by atoms with E-state index in [2.05, 4.69) is 6.08 Å². The summed E-state index contributed by atoms with van der Waals surface area (Å²) in [5.74, 6) is 0.789. The highest BCUT2D eigenvalue weighted by atomic mass is 35.5. The van der Waals surface area contributed by atoms with E-state index in [-0.39, 0.29) is 5.38 Å². The molecule has 1 aromatic rings. The lowest BCUT2D eigenvalue weighted by atomic mass is 9.87. The van der Waals surface area contributed by atoms with Gasteiger partial charge in [-0.25, -0.2) is 0 Å². The summed E-state index contributed by atoms with van der Waals surface area (Å²) >= 11 is 6.64. The number of para-hydroxylation sites is 1. The number of halogens is 1. The van der Waals surface area contributed by atoms with Crippen molar-refractivity contribution in [1.82, 2.24) is 0 Å². The molecule has 3 heteroatoms. The zero-order valence-electron chi connectivity index (χ0n) is 10.6. The molecule has 2 rings (SSSR count). The molecule has 0 bridgehead atoms. The Morgan fingerprint density at radius 2 is 2.00 bits per heavy atom. The van der Waals surface area contributed by atoms with E-state index in [9.17, 15) is 0 Å². The van der Waals surface area contributed by atoms with Gasteiger partial charge in [-0.05, 0) is 6.07 Å². The van der Waals surface area contributed by atoms with Gasteiger partial charge in [0.1, 0.15) is 11.4 Å². The second kappa shape index (κ2) is 5.59. The predicted molar refractivity (Wildman–Crippen MR) is 74.2 cm³/mol. The first-order valence-electron chi connectivity index (χ1n) is 5.90. The van der Waals surface area contributed by atoms with Gasteiger partial charge in [-0.1, -0.05) is 42.5 Å². The molecule has 0 heterocycles. The van der Waals surface area contributed by atoms with E-state index in [1.165, 1.54) is 0 Å². The summed E-state index contributed by atoms with van der Waals surface area (Å²) in [7, 11) is 3.34. The van der Waals surface area contributed by atoms with Crippen LogP contribution in [0, 0.1) is 0 Å². The number of ether oxygens (including phenoxy) is 2. The normalized spacial score (nSPS) is 23.9. The molecule has 96 valence electrons. The second-order valence-corrected chi connectivity index (χ2v) is 4.69. The molecule has 0 aliphatic heterocycles. The standard InChI is InChI=1S/C15H17ClO2/c1-17-13-9-5-4-8-12(13)14(16)15(18-2)10-6-3-7-11-15/h3-10,14H,11H2,1-2H3. The lowest BCUT2D eigenvalue weighted by Gasteiger charge is -2.35. The summed E-state index contributed by atoms with van der Waals surface area (Å²) in [6.45, 7) is 0. The molecule has 0 spiro atoms. The Morgan fingerprint density at radius 1 is 1.22 bits per heavy atom. The molecule has 0 saturated carbocycles. The number of alkyl halides is 1. The smallest absolute Gasteiger partial charge is 0.123 e. The van der Waals surface area contributed by atoms with Crippen molar-refractivity contribution in [3.05, 3.63) is 54.1 Å². The van der Waals surface area contributed by atoms with Gasteiger partial charge in [0.05, 0.1) is 12.5 Å². The maximum atomic E-state index is 6.64. The van der Waals surface area contributed by atoms with Crippen LogP contribution in [0.4, 0.5) is 0 Å². The highest BCUT2D eigenvalue weighted by molar-refractivity contribution is 6.22. The molecule has 2 atom stereocenters. The summed E-state index contributed by atoms with van der Waals surface area (Å²) in [4.78, 5) is 0. The molecule has 0 aromatic heterocycles. The maximum Gasteiger partial charge on any atom is 0.123 e. The van der Waals surface area contributed by atoms with Crippen molar-refractivity contribution in [1.29, 1.82) is 0 Å². The number of hydrogen-bond donors (Lipinski definition) is 0. The summed E-state index contributed by atoms with van der Waals surface area (Å²) in [5, 5.41) is -0.292. The molecule has 0 N–H and O–H groups in total. The fourth-order valence-electron chi connectivity index (χ4n) is 2.20. The molecule has 18 heavy (non-hydrogen) atoms. The van der Waals surface area contributed by atoms with Crippen molar-refractivity contribution >= 4 is 11.6 Å². The van der Waals surface area contributed by atoms with Crippen LogP contribution >= 0.6 is 11.6 Å². The Kier molecular flexibility index (Phi) is 4.10. The van der Waals surface area contributed by atoms with Gasteiger partial charge in [0.2, 0.25) is 0 Å². The average Bonchev–Trinajstić information content (AvgIpc) is 2.47. The van der Waals surface area contributed by atoms with Crippen molar-refractivity contribution in [2.24, 2.45) is 0 Å². The number of hydrogen-bond acceptors (Lipinski definition) is 2. The first kappa shape index (κ1) is 13.2. The first-order chi connectivity index (χ1) is 8.73. The molecule has 2 nitrogen and oxygen atoms in total. The van der Waals surface area contributed by atoms with Gasteiger partial charge in [-0.2, -0.15) is 0 Å². The molecule has 1 aromatic carbocycles. The zero-order valence-corrected chi connectivity index (χ0v) is 11.4. The van der Waals surface area contributed by atoms with Crippen LogP contribution in [0.2, 0.25) is 0 Å². The fraction of sp³-hybridized carbons (Fsp3) is 0.333. The Balaban J connectivity index is 2.37. The third-order valence-corrected chi connectivity index (χ3v) is 3.89. The van der Waals surface area contributed by atoms with E-state index in [4.69, 9.17) is 21.1 Å². The molecule has 0 radical (unpaired) electrons. The van der Waals surface area contributed by atoms with Crippen molar-refractivity contribution in [3.8, 4) is 5.75 Å². The largest absolute Gasteiger partial charge is 0.496 e. The van der Waals surface area contributed by atoms with E-state index >= 15 is 0 Å². The van der Waals surface area contributed by atoms with Gasteiger partial charge >= 0.3 is 0 Å². The molecule has 0 amide bonds. The highest BCUT2D eigenvalue weighted by Gasteiger charge is 2.37. The minimum Gasteiger partial charge on any atom is -0.496 e. The van der Waals surface area contributed by atoms with Crippen LogP contribution in [0.1, 0.15) is 17.4 Å². The Bertz CT molecular complexity index is 467. The number of methoxy groups -OCH3 is 2. The maximum absolute atomic E-state index is 6.64. The van der Waals surface area contributed by atoms with E-state index in [1.54, 1.807) is 14.2 Å². The van der Waals surface area contributed by atoms with Crippen LogP contribution in [-0.4, -0.2) is 19.8 Å². The van der Waals surface area contributed by atoms with Crippen molar-refractivity contribution in [2.75, 3.05) is 14.2 Å². The molecular formula is C15H17ClO2. The third-order valence-electron chi connectivity index (χ3n) is 3.28. The summed E-state index contributed by atoms with van der Waals surface area (Å²) in [6.07, 6.45) is 8.80. The summed E-state index contributed by atoms with van der Waals surface area (Å²) in [5.41, 5.74) is 0.439. The van der Waals surface area contributed by atoms with Gasteiger partial charge in [-0.15, -0.1) is 11.6 Å². The molecular weight excluding hydrogens is 248 g/mol. The Labute approximate surface area is 113 Å². The number of benzene rings is 1. The summed E-state index contributed by atoms with van der Waals surface area (Å²) in [6, 6.07) is 7.78. The van der Waals surface area contributed by atoms with Crippen LogP contribution in [0.15, 0.2) is 48.6 Å². The van der Waals surface area contributed by atoms with Crippen molar-refractivity contribution < 1.29 is 9.47 Å². The number of rotatable bonds is 4. The molecule has 1 aliphatic rings. The van der Waals surface area contributed by atoms with Gasteiger partial charge in [0.25, 0.3) is 0 Å². The Hall–Kier alpha value is -1.25. The van der Waals surface area contributed by atoms with Gasteiger partial charge in [0.15, 0.2) is 0 Å². The zero-order chi connectivity index (χ0) is 13.0. The molecule has 0 fully saturated rings. The topological polar surface area (TPSA) is 18.5 Å². The van der Waals surface area contributed by atoms with Crippen molar-refractivity contribution in [3.63, 3.8) is 0 Å². The van der Waals surface area contributed by atoms with Crippen LogP contribution in [0.25, 0.3) is 0 Å². The number of allylic oxidation sites excluding steroid dienone is 2. The van der Waals surface area contributed by atoms with Crippen LogP contribution < -0.4 is 4.74 Å². The molecule has 1 aliphatic carbocycles. The minimum absolute atomic E-state index is 0.292. The highest BCUT2D eigenvalue weighted by Crippen LogP contribution is 2.43. The lowest BCUT2D eigenvalue weighted by Crippen LogP contribution is -2.34. The monoisotopic (exact) mass is 264 g/mol. The quantitative estimate of drug-likeness (QED) is 0.769. The third kappa shape index (κ3) is 2.31. The van der Waals surface area contributed by atoms with E-state index < -0.39 is 5.60 Å². The predicted octanol–water partition coefficient (Wildman–Crippen LogP) is 3.88. The summed E-state index contributed by atoms with van der Waals surface area (Å²) < 4.78 is 11.0. The SMILES string of the molecule is COc1ccccc1C(Cl)C1(OC)C=CC=CC1. The van der Waals surface area contributed by atoms with Crippen molar-refractivity contribution in [2.45, 2.75) is 17.4 Å². The fourth-order valence-corrected chi connectivity index (χ4v) is 2.63. The first-order valence-corrected chi connectivity index (χ1v) is 6.33. The molecule has 2 unspecified atom stereocenters. The van der Waals surface area contributed by atoms with E-state index in [0.717, 1.165) is 17.7 Å². The second-order valence-electron chi connectivity index (χ2n) is 4.25. The van der Waals surface area contributed by atoms with Gasteiger partial charge < -0.3 is 9.47 Å².